The summed E-state index contributed by atoms with van der Waals surface area (Å²) in [7, 11) is -2.54. The number of methoxy groups -OCH3 is 1. The van der Waals surface area contributed by atoms with E-state index in [2.05, 4.69) is 4.18 Å². The van der Waals surface area contributed by atoms with Crippen LogP contribution in [0.25, 0.3) is 5.83 Å². The highest BCUT2D eigenvalue weighted by Crippen LogP contribution is 2.21. The smallest absolute Gasteiger partial charge is 0.338 e. The maximum Gasteiger partial charge on any atom is 0.338 e. The molecule has 0 aliphatic rings. The molecule has 0 unspecified atom stereocenters. The van der Waals surface area contributed by atoms with E-state index in [9.17, 15) is 12.8 Å². The third-order valence-electron chi connectivity index (χ3n) is 2.95. The fourth-order valence-electron chi connectivity index (χ4n) is 1.68. The third kappa shape index (κ3) is 3.85. The summed E-state index contributed by atoms with van der Waals surface area (Å²) in [6.45, 7) is 1.83. The monoisotopic (exact) mass is 322 g/mol. The molecule has 0 amide bonds. The van der Waals surface area contributed by atoms with Gasteiger partial charge in [-0.25, -0.2) is 4.39 Å². The van der Waals surface area contributed by atoms with Gasteiger partial charge >= 0.3 is 10.1 Å². The highest BCUT2D eigenvalue weighted by atomic mass is 32.2. The van der Waals surface area contributed by atoms with Crippen molar-refractivity contribution in [2.24, 2.45) is 0 Å². The Balaban J connectivity index is 2.16. The molecule has 0 aromatic heterocycles. The molecule has 0 aliphatic heterocycles. The lowest BCUT2D eigenvalue weighted by Crippen LogP contribution is -2.02. The van der Waals surface area contributed by atoms with Crippen LogP contribution in [0.2, 0.25) is 0 Å². The average Bonchev–Trinajstić information content (AvgIpc) is 2.53. The van der Waals surface area contributed by atoms with E-state index < -0.39 is 15.9 Å². The molecule has 0 radical (unpaired) electrons. The second kappa shape index (κ2) is 6.62. The Hall–Kier alpha value is -2.34. The second-order valence-corrected chi connectivity index (χ2v) is 6.13. The summed E-state index contributed by atoms with van der Waals surface area (Å²) in [5.41, 5.74) is 1.11. The van der Waals surface area contributed by atoms with Crippen molar-refractivity contribution in [3.8, 4) is 5.75 Å². The largest absolute Gasteiger partial charge is 0.497 e. The van der Waals surface area contributed by atoms with Crippen LogP contribution < -0.4 is 4.74 Å². The van der Waals surface area contributed by atoms with Gasteiger partial charge in [0.15, 0.2) is 5.83 Å². The van der Waals surface area contributed by atoms with Crippen LogP contribution in [0.5, 0.6) is 5.75 Å². The van der Waals surface area contributed by atoms with Crippen LogP contribution in [-0.2, 0) is 14.3 Å². The molecule has 0 atom stereocenters. The normalized spacial score (nSPS) is 12.0. The molecule has 0 bridgehead atoms. The topological polar surface area (TPSA) is 52.6 Å². The van der Waals surface area contributed by atoms with Crippen LogP contribution in [0, 0.1) is 6.92 Å². The van der Waals surface area contributed by atoms with Gasteiger partial charge in [0, 0.05) is 5.56 Å². The molecule has 116 valence electrons. The molecule has 2 aromatic carbocycles. The molecule has 0 heterocycles. The first-order valence-electron chi connectivity index (χ1n) is 6.42. The first-order valence-corrected chi connectivity index (χ1v) is 7.83. The summed E-state index contributed by atoms with van der Waals surface area (Å²) in [6.07, 6.45) is 0.580. The summed E-state index contributed by atoms with van der Waals surface area (Å²) < 4.78 is 47.4. The van der Waals surface area contributed by atoms with E-state index in [-0.39, 0.29) is 10.5 Å². The zero-order valence-corrected chi connectivity index (χ0v) is 12.9. The van der Waals surface area contributed by atoms with Crippen LogP contribution in [0.3, 0.4) is 0 Å². The van der Waals surface area contributed by atoms with E-state index in [0.717, 1.165) is 5.56 Å². The Morgan fingerprint density at radius 1 is 1.05 bits per heavy atom. The van der Waals surface area contributed by atoms with Crippen LogP contribution in [0.4, 0.5) is 4.39 Å². The minimum atomic E-state index is -4.03. The van der Waals surface area contributed by atoms with E-state index in [0.29, 0.717) is 12.0 Å². The van der Waals surface area contributed by atoms with Crippen molar-refractivity contribution < 1.29 is 21.7 Å². The number of ether oxygens (including phenoxy) is 1. The molecule has 0 N–H and O–H groups in total. The molecule has 4 nitrogen and oxygen atoms in total. The quantitative estimate of drug-likeness (QED) is 0.622. The number of halogens is 1. The number of hydrogen-bond acceptors (Lipinski definition) is 4. The highest BCUT2D eigenvalue weighted by Gasteiger charge is 2.14. The van der Waals surface area contributed by atoms with Crippen LogP contribution in [0.15, 0.2) is 59.7 Å². The van der Waals surface area contributed by atoms with E-state index >= 15 is 0 Å². The number of hydrogen-bond donors (Lipinski definition) is 0. The molecule has 0 fully saturated rings. The van der Waals surface area contributed by atoms with Crippen molar-refractivity contribution in [1.29, 1.82) is 0 Å². The van der Waals surface area contributed by atoms with Gasteiger partial charge in [-0.2, -0.15) is 8.42 Å². The Morgan fingerprint density at radius 2 is 1.64 bits per heavy atom. The maximum absolute atomic E-state index is 13.9. The van der Waals surface area contributed by atoms with Crippen molar-refractivity contribution in [3.63, 3.8) is 0 Å². The van der Waals surface area contributed by atoms with E-state index in [1.165, 1.54) is 31.4 Å². The van der Waals surface area contributed by atoms with E-state index in [1.807, 2.05) is 6.92 Å². The minimum Gasteiger partial charge on any atom is -0.497 e. The predicted molar refractivity (Wildman–Crippen MR) is 81.5 cm³/mol. The average molecular weight is 322 g/mol. The summed E-state index contributed by atoms with van der Waals surface area (Å²) >= 11 is 0. The van der Waals surface area contributed by atoms with Crippen molar-refractivity contribution in [1.82, 2.24) is 0 Å². The van der Waals surface area contributed by atoms with Gasteiger partial charge in [0.2, 0.25) is 0 Å². The maximum atomic E-state index is 13.9. The Morgan fingerprint density at radius 3 is 2.18 bits per heavy atom. The van der Waals surface area contributed by atoms with Gasteiger partial charge in [0.05, 0.1) is 7.11 Å². The van der Waals surface area contributed by atoms with Crippen LogP contribution >= 0.6 is 0 Å². The zero-order valence-electron chi connectivity index (χ0n) is 12.1. The molecule has 22 heavy (non-hydrogen) atoms. The van der Waals surface area contributed by atoms with Crippen LogP contribution in [-0.4, -0.2) is 15.5 Å². The Bertz CT molecular complexity index is 763. The standard InChI is InChI=1S/C16H15FO4S/c1-12-3-9-15(10-4-12)22(18,19)21-11-16(17)13-5-7-14(20-2)8-6-13/h3-11H,1-2H3/b16-11-. The molecular formula is C16H15FO4S. The van der Waals surface area contributed by atoms with Crippen LogP contribution in [0.1, 0.15) is 11.1 Å². The second-order valence-electron chi connectivity index (χ2n) is 4.56. The molecule has 2 rings (SSSR count). The molecule has 6 heteroatoms. The van der Waals surface area contributed by atoms with E-state index in [1.54, 1.807) is 24.3 Å². The fourth-order valence-corrected chi connectivity index (χ4v) is 2.48. The number of aryl methyl sites for hydroxylation is 1. The van der Waals surface area contributed by atoms with Crippen molar-refractivity contribution in [2.75, 3.05) is 7.11 Å². The third-order valence-corrected chi connectivity index (χ3v) is 4.15. The van der Waals surface area contributed by atoms with Gasteiger partial charge in [0.1, 0.15) is 16.9 Å². The van der Waals surface area contributed by atoms with Gasteiger partial charge in [-0.15, -0.1) is 0 Å². The Labute approximate surface area is 128 Å². The van der Waals surface area contributed by atoms with Crippen molar-refractivity contribution >= 4 is 15.9 Å². The van der Waals surface area contributed by atoms with Gasteiger partial charge in [-0.1, -0.05) is 17.7 Å². The number of benzene rings is 2. The minimum absolute atomic E-state index is 0.0307. The van der Waals surface area contributed by atoms with Gasteiger partial charge in [-0.05, 0) is 43.3 Å². The first kappa shape index (κ1) is 16.0. The highest BCUT2D eigenvalue weighted by molar-refractivity contribution is 7.86. The molecule has 0 spiro atoms. The van der Waals surface area contributed by atoms with E-state index in [4.69, 9.17) is 4.74 Å². The van der Waals surface area contributed by atoms with Crippen molar-refractivity contribution in [3.05, 3.63) is 65.9 Å². The first-order chi connectivity index (χ1) is 10.4. The van der Waals surface area contributed by atoms with Gasteiger partial charge in [0.25, 0.3) is 0 Å². The predicted octanol–water partition coefficient (Wildman–Crippen LogP) is 3.68. The summed E-state index contributed by atoms with van der Waals surface area (Å²) in [6, 6.07) is 12.2. The molecule has 0 aliphatic carbocycles. The van der Waals surface area contributed by atoms with Crippen molar-refractivity contribution in [2.45, 2.75) is 11.8 Å². The molecule has 2 aromatic rings. The lowest BCUT2D eigenvalue weighted by Gasteiger charge is -2.05. The lowest BCUT2D eigenvalue weighted by atomic mass is 10.2. The summed E-state index contributed by atoms with van der Waals surface area (Å²) in [5.74, 6) is -0.219. The SMILES string of the molecule is COc1ccc(/C(F)=C/OS(=O)(=O)c2ccc(C)cc2)cc1. The number of rotatable bonds is 5. The van der Waals surface area contributed by atoms with Gasteiger partial charge in [-0.3, -0.25) is 0 Å². The van der Waals surface area contributed by atoms with Gasteiger partial charge < -0.3 is 8.92 Å². The Kier molecular flexibility index (Phi) is 4.82. The molecule has 0 saturated heterocycles. The fraction of sp³-hybridized carbons (Fsp3) is 0.125. The lowest BCUT2D eigenvalue weighted by molar-refractivity contribution is 0.414. The zero-order chi connectivity index (χ0) is 16.2. The molecular weight excluding hydrogens is 307 g/mol. The summed E-state index contributed by atoms with van der Waals surface area (Å²) in [4.78, 5) is -0.0307. The molecule has 0 saturated carbocycles. The summed E-state index contributed by atoms with van der Waals surface area (Å²) in [5, 5.41) is 0.